The summed E-state index contributed by atoms with van der Waals surface area (Å²) in [4.78, 5) is 4.70. The molecule has 1 aromatic rings. The SMILES string of the molecule is CCNC(=NCC1CCN(S(C)(=O)=O)CC1)NCCc1ccc2c(c1)OCO2. The van der Waals surface area contributed by atoms with Crippen LogP contribution in [0.1, 0.15) is 25.3 Å². The highest BCUT2D eigenvalue weighted by atomic mass is 32.2. The number of nitrogens with zero attached hydrogens (tertiary/aromatic N) is 2. The summed E-state index contributed by atoms with van der Waals surface area (Å²) in [6.45, 7) is 5.77. The molecule has 2 heterocycles. The standard InChI is InChI=1S/C19H30N4O4S/c1-3-20-19(22-13-16-7-10-23(11-8-16)28(2,24)25)21-9-6-15-4-5-17-18(12-15)27-14-26-17/h4-5,12,16H,3,6-11,13-14H2,1-2H3,(H2,20,21,22). The van der Waals surface area contributed by atoms with E-state index in [1.54, 1.807) is 4.31 Å². The monoisotopic (exact) mass is 410 g/mol. The fraction of sp³-hybridized carbons (Fsp3) is 0.632. The Bertz CT molecular complexity index is 789. The van der Waals surface area contributed by atoms with Crippen LogP contribution in [-0.2, 0) is 16.4 Å². The number of fused-ring (bicyclic) bond motifs is 1. The van der Waals surface area contributed by atoms with Gasteiger partial charge in [0.25, 0.3) is 0 Å². The van der Waals surface area contributed by atoms with Crippen molar-refractivity contribution in [1.82, 2.24) is 14.9 Å². The van der Waals surface area contributed by atoms with Crippen LogP contribution >= 0.6 is 0 Å². The Labute approximate surface area is 167 Å². The second-order valence-corrected chi connectivity index (χ2v) is 9.17. The molecule has 0 radical (unpaired) electrons. The third kappa shape index (κ3) is 5.75. The van der Waals surface area contributed by atoms with Crippen molar-refractivity contribution in [1.29, 1.82) is 0 Å². The molecule has 0 atom stereocenters. The molecule has 2 N–H and O–H groups in total. The molecule has 0 bridgehead atoms. The average molecular weight is 411 g/mol. The first-order chi connectivity index (χ1) is 13.5. The van der Waals surface area contributed by atoms with Gasteiger partial charge in [0.05, 0.1) is 6.26 Å². The van der Waals surface area contributed by atoms with Gasteiger partial charge in [0.2, 0.25) is 16.8 Å². The first-order valence-corrected chi connectivity index (χ1v) is 11.7. The van der Waals surface area contributed by atoms with Crippen LogP contribution in [0.4, 0.5) is 0 Å². The van der Waals surface area contributed by atoms with Crippen molar-refractivity contribution in [3.63, 3.8) is 0 Å². The molecule has 156 valence electrons. The van der Waals surface area contributed by atoms with E-state index in [0.717, 1.165) is 49.8 Å². The first kappa shape index (κ1) is 20.7. The highest BCUT2D eigenvalue weighted by Gasteiger charge is 2.24. The number of rotatable bonds is 7. The van der Waals surface area contributed by atoms with Gasteiger partial charge >= 0.3 is 0 Å². The quantitative estimate of drug-likeness (QED) is 0.518. The van der Waals surface area contributed by atoms with Gasteiger partial charge < -0.3 is 20.1 Å². The maximum atomic E-state index is 11.6. The number of nitrogens with one attached hydrogen (secondary N) is 2. The van der Waals surface area contributed by atoms with Crippen LogP contribution in [0, 0.1) is 5.92 Å². The van der Waals surface area contributed by atoms with Crippen molar-refractivity contribution in [3.05, 3.63) is 23.8 Å². The largest absolute Gasteiger partial charge is 0.454 e. The maximum absolute atomic E-state index is 11.6. The summed E-state index contributed by atoms with van der Waals surface area (Å²) >= 11 is 0. The minimum Gasteiger partial charge on any atom is -0.454 e. The fourth-order valence-electron chi connectivity index (χ4n) is 3.41. The molecule has 0 aliphatic carbocycles. The predicted molar refractivity (Wildman–Crippen MR) is 109 cm³/mol. The number of hydrogen-bond donors (Lipinski definition) is 2. The zero-order valence-electron chi connectivity index (χ0n) is 16.6. The van der Waals surface area contributed by atoms with E-state index < -0.39 is 10.0 Å². The smallest absolute Gasteiger partial charge is 0.231 e. The summed E-state index contributed by atoms with van der Waals surface area (Å²) in [5.41, 5.74) is 1.18. The number of piperidine rings is 1. The zero-order valence-corrected chi connectivity index (χ0v) is 17.4. The van der Waals surface area contributed by atoms with Crippen LogP contribution in [0.5, 0.6) is 11.5 Å². The van der Waals surface area contributed by atoms with Crippen LogP contribution in [0.25, 0.3) is 0 Å². The van der Waals surface area contributed by atoms with Gasteiger partial charge in [-0.3, -0.25) is 4.99 Å². The van der Waals surface area contributed by atoms with E-state index >= 15 is 0 Å². The zero-order chi connectivity index (χ0) is 20.0. The van der Waals surface area contributed by atoms with Crippen LogP contribution < -0.4 is 20.1 Å². The third-order valence-electron chi connectivity index (χ3n) is 5.04. The lowest BCUT2D eigenvalue weighted by atomic mass is 9.98. The summed E-state index contributed by atoms with van der Waals surface area (Å²) in [5, 5.41) is 6.64. The first-order valence-electron chi connectivity index (χ1n) is 9.81. The number of ether oxygens (including phenoxy) is 2. The Morgan fingerprint density at radius 1 is 1.21 bits per heavy atom. The van der Waals surface area contributed by atoms with Gasteiger partial charge in [-0.2, -0.15) is 0 Å². The molecular formula is C19H30N4O4S. The minimum atomic E-state index is -3.08. The Kier molecular flexibility index (Phi) is 7.01. The Morgan fingerprint density at radius 2 is 1.96 bits per heavy atom. The topological polar surface area (TPSA) is 92.3 Å². The number of hydrogen-bond acceptors (Lipinski definition) is 5. The Balaban J connectivity index is 1.45. The Hall–Kier alpha value is -2.00. The van der Waals surface area contributed by atoms with Crippen molar-refractivity contribution in [2.75, 3.05) is 45.8 Å². The number of guanidine groups is 1. The van der Waals surface area contributed by atoms with Crippen molar-refractivity contribution in [3.8, 4) is 11.5 Å². The van der Waals surface area contributed by atoms with Gasteiger partial charge in [0, 0.05) is 32.7 Å². The van der Waals surface area contributed by atoms with Crippen LogP contribution in [0.2, 0.25) is 0 Å². The van der Waals surface area contributed by atoms with Gasteiger partial charge in [-0.15, -0.1) is 0 Å². The molecule has 0 spiro atoms. The molecule has 1 fully saturated rings. The molecule has 0 aromatic heterocycles. The summed E-state index contributed by atoms with van der Waals surface area (Å²) in [6, 6.07) is 6.01. The number of aliphatic imine (C=N–C) groups is 1. The summed E-state index contributed by atoms with van der Waals surface area (Å²) in [6.07, 6.45) is 3.84. The molecule has 2 aliphatic heterocycles. The molecule has 1 saturated heterocycles. The predicted octanol–water partition coefficient (Wildman–Crippen LogP) is 1.18. The molecule has 1 aromatic carbocycles. The van der Waals surface area contributed by atoms with Crippen LogP contribution in [0.15, 0.2) is 23.2 Å². The van der Waals surface area contributed by atoms with E-state index in [2.05, 4.69) is 16.7 Å². The van der Waals surface area contributed by atoms with Crippen molar-refractivity contribution >= 4 is 16.0 Å². The lowest BCUT2D eigenvalue weighted by molar-refractivity contribution is 0.174. The van der Waals surface area contributed by atoms with Crippen LogP contribution in [-0.4, -0.2) is 64.5 Å². The molecule has 0 amide bonds. The highest BCUT2D eigenvalue weighted by molar-refractivity contribution is 7.88. The summed E-state index contributed by atoms with van der Waals surface area (Å²) < 4.78 is 35.5. The highest BCUT2D eigenvalue weighted by Crippen LogP contribution is 2.32. The minimum absolute atomic E-state index is 0.289. The molecule has 3 rings (SSSR count). The van der Waals surface area contributed by atoms with Crippen molar-refractivity contribution in [2.45, 2.75) is 26.2 Å². The molecule has 0 unspecified atom stereocenters. The third-order valence-corrected chi connectivity index (χ3v) is 6.34. The molecule has 8 nitrogen and oxygen atoms in total. The number of benzene rings is 1. The molecule has 0 saturated carbocycles. The Morgan fingerprint density at radius 3 is 2.68 bits per heavy atom. The van der Waals surface area contributed by atoms with E-state index in [1.807, 2.05) is 19.1 Å². The van der Waals surface area contributed by atoms with Gasteiger partial charge in [-0.1, -0.05) is 6.07 Å². The lowest BCUT2D eigenvalue weighted by Gasteiger charge is -2.29. The van der Waals surface area contributed by atoms with E-state index in [1.165, 1.54) is 11.8 Å². The molecule has 2 aliphatic rings. The average Bonchev–Trinajstić information content (AvgIpc) is 3.13. The van der Waals surface area contributed by atoms with E-state index in [4.69, 9.17) is 14.5 Å². The van der Waals surface area contributed by atoms with E-state index in [0.29, 0.717) is 25.6 Å². The number of sulfonamides is 1. The van der Waals surface area contributed by atoms with Crippen molar-refractivity contribution in [2.24, 2.45) is 10.9 Å². The fourth-order valence-corrected chi connectivity index (χ4v) is 4.28. The lowest BCUT2D eigenvalue weighted by Crippen LogP contribution is -2.40. The van der Waals surface area contributed by atoms with Gasteiger partial charge in [-0.25, -0.2) is 12.7 Å². The van der Waals surface area contributed by atoms with Crippen LogP contribution in [0.3, 0.4) is 0 Å². The summed E-state index contributed by atoms with van der Waals surface area (Å²) in [7, 11) is -3.08. The van der Waals surface area contributed by atoms with Gasteiger partial charge in [0.15, 0.2) is 17.5 Å². The summed E-state index contributed by atoms with van der Waals surface area (Å²) in [5.74, 6) is 2.82. The van der Waals surface area contributed by atoms with E-state index in [9.17, 15) is 8.42 Å². The second kappa shape index (κ2) is 9.47. The van der Waals surface area contributed by atoms with Crippen molar-refractivity contribution < 1.29 is 17.9 Å². The van der Waals surface area contributed by atoms with E-state index in [-0.39, 0.29) is 6.79 Å². The second-order valence-electron chi connectivity index (χ2n) is 7.19. The van der Waals surface area contributed by atoms with Gasteiger partial charge in [0.1, 0.15) is 0 Å². The maximum Gasteiger partial charge on any atom is 0.231 e. The normalized spacial score (nSPS) is 18.3. The van der Waals surface area contributed by atoms with Gasteiger partial charge in [-0.05, 0) is 49.8 Å². The molecular weight excluding hydrogens is 380 g/mol. The molecule has 28 heavy (non-hydrogen) atoms. The molecule has 9 heteroatoms.